The quantitative estimate of drug-likeness (QED) is 0.513. The number of hydrogen-bond acceptors (Lipinski definition) is 2. The second-order valence-corrected chi connectivity index (χ2v) is 6.47. The largest absolute Gasteiger partial charge is 0.505 e. The molecule has 132 valence electrons. The minimum Gasteiger partial charge on any atom is -0.505 e. The molecule has 0 saturated carbocycles. The van der Waals surface area contributed by atoms with Crippen molar-refractivity contribution in [3.05, 3.63) is 106 Å². The molecule has 0 aliphatic rings. The van der Waals surface area contributed by atoms with Crippen LogP contribution in [0.4, 0.5) is 0 Å². The van der Waals surface area contributed by atoms with Crippen molar-refractivity contribution in [1.29, 1.82) is 0 Å². The predicted octanol–water partition coefficient (Wildman–Crippen LogP) is 5.53. The van der Waals surface area contributed by atoms with E-state index in [0.29, 0.717) is 16.9 Å². The Labute approximate surface area is 161 Å². The predicted molar refractivity (Wildman–Crippen MR) is 110 cm³/mol. The molecule has 0 aliphatic heterocycles. The summed E-state index contributed by atoms with van der Waals surface area (Å²) in [5, 5.41) is 10.9. The summed E-state index contributed by atoms with van der Waals surface area (Å²) in [4.78, 5) is 13.5. The van der Waals surface area contributed by atoms with E-state index in [1.54, 1.807) is 16.7 Å². The highest BCUT2D eigenvalue weighted by atomic mass is 35.5. The Morgan fingerprint density at radius 2 is 1.19 bits per heavy atom. The molecule has 3 nitrogen and oxygen atoms in total. The fourth-order valence-electron chi connectivity index (χ4n) is 3.17. The Kier molecular flexibility index (Phi) is 4.53. The fourth-order valence-corrected chi connectivity index (χ4v) is 3.46. The summed E-state index contributed by atoms with van der Waals surface area (Å²) in [5.41, 5.74) is 2.37. The summed E-state index contributed by atoms with van der Waals surface area (Å²) in [6, 6.07) is 27.7. The smallest absolute Gasteiger partial charge is 0.267 e. The van der Waals surface area contributed by atoms with E-state index in [4.69, 9.17) is 11.6 Å². The Morgan fingerprint density at radius 3 is 1.74 bits per heavy atom. The van der Waals surface area contributed by atoms with Crippen LogP contribution in [0.1, 0.15) is 0 Å². The van der Waals surface area contributed by atoms with Crippen LogP contribution in [-0.2, 0) is 0 Å². The maximum Gasteiger partial charge on any atom is 0.267 e. The lowest BCUT2D eigenvalue weighted by Crippen LogP contribution is -2.22. The van der Waals surface area contributed by atoms with E-state index in [9.17, 15) is 9.90 Å². The van der Waals surface area contributed by atoms with Gasteiger partial charge in [0.05, 0.1) is 11.3 Å². The number of rotatable bonds is 3. The number of nitrogens with zero attached hydrogens (tertiary/aromatic N) is 1. The molecule has 3 aromatic carbocycles. The van der Waals surface area contributed by atoms with Crippen LogP contribution in [0.15, 0.2) is 95.8 Å². The molecule has 4 rings (SSSR count). The van der Waals surface area contributed by atoms with Crippen molar-refractivity contribution in [3.8, 4) is 33.8 Å². The van der Waals surface area contributed by atoms with Gasteiger partial charge < -0.3 is 5.11 Å². The topological polar surface area (TPSA) is 42.2 Å². The molecular formula is C23H16ClNO2. The minimum atomic E-state index is -0.326. The van der Waals surface area contributed by atoms with E-state index < -0.39 is 0 Å². The van der Waals surface area contributed by atoms with Crippen LogP contribution in [-0.4, -0.2) is 9.67 Å². The lowest BCUT2D eigenvalue weighted by molar-refractivity contribution is 0.476. The van der Waals surface area contributed by atoms with Gasteiger partial charge in [-0.1, -0.05) is 90.5 Å². The summed E-state index contributed by atoms with van der Waals surface area (Å²) in [6.07, 6.45) is 0. The molecule has 0 bridgehead atoms. The SMILES string of the molecule is O=c1c(-c2ccccc2)c(O)c(Cl)c(-c2ccccc2)n1-c1ccccc1. The first-order valence-electron chi connectivity index (χ1n) is 8.52. The van der Waals surface area contributed by atoms with Crippen molar-refractivity contribution in [2.75, 3.05) is 0 Å². The summed E-state index contributed by atoms with van der Waals surface area (Å²) < 4.78 is 1.56. The molecule has 27 heavy (non-hydrogen) atoms. The lowest BCUT2D eigenvalue weighted by atomic mass is 10.0. The van der Waals surface area contributed by atoms with Gasteiger partial charge >= 0.3 is 0 Å². The van der Waals surface area contributed by atoms with Gasteiger partial charge in [0, 0.05) is 11.3 Å². The zero-order valence-corrected chi connectivity index (χ0v) is 15.1. The van der Waals surface area contributed by atoms with Gasteiger partial charge in [-0.25, -0.2) is 0 Å². The van der Waals surface area contributed by atoms with Crippen molar-refractivity contribution in [3.63, 3.8) is 0 Å². The summed E-state index contributed by atoms with van der Waals surface area (Å²) in [5.74, 6) is -0.209. The Hall–Kier alpha value is -3.30. The molecule has 0 radical (unpaired) electrons. The fraction of sp³-hybridized carbons (Fsp3) is 0. The number of halogens is 1. The first-order chi connectivity index (χ1) is 13.2. The third-order valence-corrected chi connectivity index (χ3v) is 4.78. The number of aromatic hydroxyl groups is 1. The Bertz CT molecular complexity index is 1140. The van der Waals surface area contributed by atoms with E-state index in [1.807, 2.05) is 78.9 Å². The number of hydrogen-bond donors (Lipinski definition) is 1. The zero-order valence-electron chi connectivity index (χ0n) is 14.3. The molecule has 1 N–H and O–H groups in total. The average molecular weight is 374 g/mol. The van der Waals surface area contributed by atoms with Gasteiger partial charge in [-0.05, 0) is 17.7 Å². The van der Waals surface area contributed by atoms with Crippen LogP contribution in [0, 0.1) is 0 Å². The second kappa shape index (κ2) is 7.14. The summed E-state index contributed by atoms with van der Waals surface area (Å²) in [6.45, 7) is 0. The molecule has 0 fully saturated rings. The maximum absolute atomic E-state index is 13.5. The molecule has 0 spiro atoms. The molecule has 0 aliphatic carbocycles. The molecule has 1 heterocycles. The molecular weight excluding hydrogens is 358 g/mol. The third-order valence-electron chi connectivity index (χ3n) is 4.42. The molecule has 0 unspecified atom stereocenters. The summed E-state index contributed by atoms with van der Waals surface area (Å²) in [7, 11) is 0. The van der Waals surface area contributed by atoms with E-state index >= 15 is 0 Å². The number of para-hydroxylation sites is 1. The average Bonchev–Trinajstić information content (AvgIpc) is 2.73. The highest BCUT2D eigenvalue weighted by molar-refractivity contribution is 6.35. The van der Waals surface area contributed by atoms with Crippen LogP contribution in [0.3, 0.4) is 0 Å². The molecule has 1 aromatic heterocycles. The van der Waals surface area contributed by atoms with Crippen LogP contribution >= 0.6 is 11.6 Å². The van der Waals surface area contributed by atoms with Gasteiger partial charge in [0.15, 0.2) is 0 Å². The monoisotopic (exact) mass is 373 g/mol. The minimum absolute atomic E-state index is 0.142. The van der Waals surface area contributed by atoms with Gasteiger partial charge in [0.1, 0.15) is 10.8 Å². The van der Waals surface area contributed by atoms with Gasteiger partial charge in [-0.3, -0.25) is 9.36 Å². The maximum atomic E-state index is 13.5. The van der Waals surface area contributed by atoms with Crippen molar-refractivity contribution in [2.45, 2.75) is 0 Å². The lowest BCUT2D eigenvalue weighted by Gasteiger charge is -2.18. The van der Waals surface area contributed by atoms with Gasteiger partial charge in [0.2, 0.25) is 0 Å². The Morgan fingerprint density at radius 1 is 0.704 bits per heavy atom. The zero-order chi connectivity index (χ0) is 18.8. The molecule has 0 atom stereocenters. The highest BCUT2D eigenvalue weighted by Gasteiger charge is 2.23. The molecule has 0 amide bonds. The van der Waals surface area contributed by atoms with Gasteiger partial charge in [-0.15, -0.1) is 0 Å². The molecule has 4 aromatic rings. The highest BCUT2D eigenvalue weighted by Crippen LogP contribution is 2.40. The van der Waals surface area contributed by atoms with Gasteiger partial charge in [0.25, 0.3) is 5.56 Å². The standard InChI is InChI=1S/C23H16ClNO2/c24-20-21(17-12-6-2-7-13-17)25(18-14-8-3-9-15-18)23(27)19(22(20)26)16-10-4-1-5-11-16/h1-15,26H. The first kappa shape index (κ1) is 17.1. The van der Waals surface area contributed by atoms with E-state index in [0.717, 1.165) is 5.56 Å². The van der Waals surface area contributed by atoms with Crippen LogP contribution < -0.4 is 5.56 Å². The van der Waals surface area contributed by atoms with Crippen LogP contribution in [0.2, 0.25) is 5.02 Å². The van der Waals surface area contributed by atoms with E-state index in [1.165, 1.54) is 0 Å². The van der Waals surface area contributed by atoms with E-state index in [-0.39, 0.29) is 21.9 Å². The second-order valence-electron chi connectivity index (χ2n) is 6.09. The van der Waals surface area contributed by atoms with E-state index in [2.05, 4.69) is 0 Å². The molecule has 4 heteroatoms. The number of pyridine rings is 1. The van der Waals surface area contributed by atoms with Crippen molar-refractivity contribution in [1.82, 2.24) is 4.57 Å². The summed E-state index contributed by atoms with van der Waals surface area (Å²) >= 11 is 6.60. The van der Waals surface area contributed by atoms with Gasteiger partial charge in [-0.2, -0.15) is 0 Å². The van der Waals surface area contributed by atoms with Crippen molar-refractivity contribution in [2.24, 2.45) is 0 Å². The molecule has 0 saturated heterocycles. The Balaban J connectivity index is 2.14. The van der Waals surface area contributed by atoms with Crippen molar-refractivity contribution >= 4 is 11.6 Å². The normalized spacial score (nSPS) is 10.7. The van der Waals surface area contributed by atoms with Crippen LogP contribution in [0.25, 0.3) is 28.1 Å². The number of benzene rings is 3. The van der Waals surface area contributed by atoms with Crippen molar-refractivity contribution < 1.29 is 5.11 Å². The van der Waals surface area contributed by atoms with Crippen LogP contribution in [0.5, 0.6) is 5.75 Å². The number of aromatic nitrogens is 1. The first-order valence-corrected chi connectivity index (χ1v) is 8.90. The third kappa shape index (κ3) is 3.03.